The average molecular weight is 601 g/mol. The lowest BCUT2D eigenvalue weighted by Crippen LogP contribution is -2.54. The summed E-state index contributed by atoms with van der Waals surface area (Å²) in [7, 11) is -16.7. The highest BCUT2D eigenvalue weighted by Gasteiger charge is 2.33. The maximum atomic E-state index is 11.0. The molecule has 0 aromatic rings. The van der Waals surface area contributed by atoms with Gasteiger partial charge in [0, 0.05) is 51.0 Å². The van der Waals surface area contributed by atoms with Crippen LogP contribution in [0, 0.1) is 0 Å². The first kappa shape index (κ1) is 32.7. The first-order chi connectivity index (χ1) is 16.1. The molecule has 0 amide bonds. The van der Waals surface area contributed by atoms with Crippen molar-refractivity contribution in [2.75, 3.05) is 26.2 Å². The third-order valence-electron chi connectivity index (χ3n) is 5.76. The zero-order chi connectivity index (χ0) is 28.3. The van der Waals surface area contributed by atoms with Crippen molar-refractivity contribution in [3.8, 4) is 0 Å². The van der Waals surface area contributed by atoms with Gasteiger partial charge in [-0.1, -0.05) is 0 Å². The zero-order valence-corrected chi connectivity index (χ0v) is 23.2. The van der Waals surface area contributed by atoms with Gasteiger partial charge in [0.25, 0.3) is 40.5 Å². The second-order valence-electron chi connectivity index (χ2n) is 8.02. The monoisotopic (exact) mass is 600 g/mol. The predicted octanol–water partition coefficient (Wildman–Crippen LogP) is -0.914. The van der Waals surface area contributed by atoms with Gasteiger partial charge in [-0.15, -0.1) is 0 Å². The van der Waals surface area contributed by atoms with E-state index in [9.17, 15) is 33.7 Å². The second kappa shape index (κ2) is 12.0. The van der Waals surface area contributed by atoms with E-state index in [4.69, 9.17) is 18.2 Å². The molecule has 36 heavy (non-hydrogen) atoms. The second-order valence-corrected chi connectivity index (χ2v) is 14.9. The van der Waals surface area contributed by atoms with Crippen molar-refractivity contribution in [2.45, 2.75) is 49.2 Å². The van der Waals surface area contributed by atoms with E-state index in [-0.39, 0.29) is 0 Å². The molecule has 2 heterocycles. The molecule has 0 spiro atoms. The van der Waals surface area contributed by atoms with Crippen LogP contribution >= 0.6 is 0 Å². The van der Waals surface area contributed by atoms with Gasteiger partial charge in [-0.05, 0) is 27.7 Å². The molecule has 4 atom stereocenters. The Bertz CT molecular complexity index is 1130. The number of hydrogen-bond acceptors (Lipinski definition) is 12. The summed E-state index contributed by atoms with van der Waals surface area (Å²) in [5.74, 6) is 0. The molecule has 16 nitrogen and oxygen atoms in total. The van der Waals surface area contributed by atoms with Gasteiger partial charge >= 0.3 is 0 Å². The number of hydrogen-bond donors (Lipinski definition) is 4. The summed E-state index contributed by atoms with van der Waals surface area (Å²) in [4.78, 5) is 5.45. The molecule has 2 aliphatic rings. The lowest BCUT2D eigenvalue weighted by atomic mass is 10.3. The molecule has 0 bridgehead atoms. The predicted molar refractivity (Wildman–Crippen MR) is 129 cm³/mol. The fourth-order valence-electron chi connectivity index (χ4n) is 3.04. The number of nitrogens with zero attached hydrogens (tertiary/aromatic N) is 4. The van der Waals surface area contributed by atoms with Crippen LogP contribution in [-0.4, -0.2) is 119 Å². The molecule has 1 fully saturated rings. The Morgan fingerprint density at radius 2 is 0.667 bits per heavy atom. The van der Waals surface area contributed by atoms with Gasteiger partial charge in [-0.25, -0.2) is 0 Å². The van der Waals surface area contributed by atoms with Crippen molar-refractivity contribution in [2.24, 2.45) is 0 Å². The summed E-state index contributed by atoms with van der Waals surface area (Å²) in [6, 6.07) is 0. The SMILES string of the molecule is CC(N1C=CN(C(C)S(=O)(=O)O)C=C1)S(=O)(=O)O.CC(N1CCN(C(C)S(=O)(=O)O)CC1)S(=O)(=O)O. The summed E-state index contributed by atoms with van der Waals surface area (Å²) in [5.41, 5.74) is 0. The lowest BCUT2D eigenvalue weighted by molar-refractivity contribution is 0.114. The molecule has 2 aliphatic heterocycles. The highest BCUT2D eigenvalue weighted by Crippen LogP contribution is 2.16. The summed E-state index contributed by atoms with van der Waals surface area (Å²) >= 11 is 0. The minimum Gasteiger partial charge on any atom is -0.332 e. The molecule has 0 aliphatic carbocycles. The van der Waals surface area contributed by atoms with E-state index in [0.29, 0.717) is 26.2 Å². The van der Waals surface area contributed by atoms with E-state index in [2.05, 4.69) is 0 Å². The van der Waals surface area contributed by atoms with Crippen molar-refractivity contribution < 1.29 is 51.9 Å². The Morgan fingerprint density at radius 1 is 0.472 bits per heavy atom. The van der Waals surface area contributed by atoms with Crippen LogP contribution in [-0.2, 0) is 40.5 Å². The van der Waals surface area contributed by atoms with Crippen LogP contribution in [0.5, 0.6) is 0 Å². The van der Waals surface area contributed by atoms with Crippen molar-refractivity contribution in [3.63, 3.8) is 0 Å². The third kappa shape index (κ3) is 9.50. The normalized spacial score (nSPS) is 21.9. The highest BCUT2D eigenvalue weighted by molar-refractivity contribution is 7.87. The van der Waals surface area contributed by atoms with Gasteiger partial charge in [-0.3, -0.25) is 28.0 Å². The minimum atomic E-state index is -4.23. The molecule has 4 unspecified atom stereocenters. The van der Waals surface area contributed by atoms with Gasteiger partial charge < -0.3 is 9.80 Å². The molecule has 0 saturated carbocycles. The van der Waals surface area contributed by atoms with Crippen LogP contribution in [0.25, 0.3) is 0 Å². The summed E-state index contributed by atoms with van der Waals surface area (Å²) < 4.78 is 123. The van der Waals surface area contributed by atoms with Crippen molar-refractivity contribution in [1.29, 1.82) is 0 Å². The molecule has 0 aromatic heterocycles. The lowest BCUT2D eigenvalue weighted by Gasteiger charge is -2.38. The Kier molecular flexibility index (Phi) is 10.9. The summed E-state index contributed by atoms with van der Waals surface area (Å²) in [6.07, 6.45) is 5.11. The largest absolute Gasteiger partial charge is 0.332 e. The van der Waals surface area contributed by atoms with E-state index in [1.165, 1.54) is 62.3 Å². The number of rotatable bonds is 8. The molecular weight excluding hydrogens is 568 g/mol. The zero-order valence-electron chi connectivity index (χ0n) is 19.9. The Balaban J connectivity index is 0.000000360. The van der Waals surface area contributed by atoms with E-state index in [1.807, 2.05) is 0 Å². The maximum absolute atomic E-state index is 11.0. The Hall–Kier alpha value is -1.36. The van der Waals surface area contributed by atoms with Crippen molar-refractivity contribution >= 4 is 40.5 Å². The van der Waals surface area contributed by atoms with Gasteiger partial charge in [0.2, 0.25) is 0 Å². The summed E-state index contributed by atoms with van der Waals surface area (Å²) in [6.45, 7) is 6.51. The van der Waals surface area contributed by atoms with Crippen LogP contribution < -0.4 is 0 Å². The van der Waals surface area contributed by atoms with Crippen LogP contribution in [0.2, 0.25) is 0 Å². The fraction of sp³-hybridized carbons (Fsp3) is 0.750. The molecule has 2 rings (SSSR count). The standard InChI is InChI=1S/C8H18N2O6S2.C8H14N2O6S2/c2*1-7(17(11,12)13)9-3-5-10(6-4-9)8(2)18(14,15)16/h7-8H,3-6H2,1-2H3,(H,11,12,13)(H,14,15,16);3-8H,1-2H3,(H,11,12,13)(H,14,15,16). The molecule has 212 valence electrons. The Morgan fingerprint density at radius 3 is 0.833 bits per heavy atom. The first-order valence-electron chi connectivity index (χ1n) is 10.3. The van der Waals surface area contributed by atoms with Gasteiger partial charge in [0.05, 0.1) is 0 Å². The van der Waals surface area contributed by atoms with Crippen LogP contribution in [0.15, 0.2) is 24.8 Å². The molecule has 0 aromatic carbocycles. The van der Waals surface area contributed by atoms with E-state index in [1.54, 1.807) is 9.80 Å². The van der Waals surface area contributed by atoms with E-state index in [0.717, 1.165) is 0 Å². The van der Waals surface area contributed by atoms with Crippen LogP contribution in [0.3, 0.4) is 0 Å². The van der Waals surface area contributed by atoms with Gasteiger partial charge in [0.1, 0.15) is 10.7 Å². The molecular formula is C16H32N4O12S4. The van der Waals surface area contributed by atoms with Crippen LogP contribution in [0.1, 0.15) is 27.7 Å². The van der Waals surface area contributed by atoms with Gasteiger partial charge in [-0.2, -0.15) is 33.7 Å². The fourth-order valence-corrected chi connectivity index (χ4v) is 5.11. The van der Waals surface area contributed by atoms with Crippen LogP contribution in [0.4, 0.5) is 0 Å². The van der Waals surface area contributed by atoms with E-state index >= 15 is 0 Å². The van der Waals surface area contributed by atoms with Crippen molar-refractivity contribution in [1.82, 2.24) is 19.6 Å². The minimum absolute atomic E-state index is 0.306. The average Bonchev–Trinajstić information content (AvgIpc) is 2.75. The first-order valence-corrected chi connectivity index (χ1v) is 16.3. The summed E-state index contributed by atoms with van der Waals surface area (Å²) in [5, 5.41) is -4.40. The van der Waals surface area contributed by atoms with E-state index < -0.39 is 62.0 Å². The van der Waals surface area contributed by atoms with Crippen molar-refractivity contribution in [3.05, 3.63) is 24.8 Å². The maximum Gasteiger partial charge on any atom is 0.286 e. The van der Waals surface area contributed by atoms with Gasteiger partial charge in [0.15, 0.2) is 10.7 Å². The topological polar surface area (TPSA) is 230 Å². The molecule has 4 N–H and O–H groups in total. The quantitative estimate of drug-likeness (QED) is 0.247. The highest BCUT2D eigenvalue weighted by atomic mass is 32.2. The third-order valence-corrected chi connectivity index (χ3v) is 10.3. The molecule has 1 saturated heterocycles. The molecule has 20 heteroatoms. The number of piperazine rings is 1. The molecule has 0 radical (unpaired) electrons. The smallest absolute Gasteiger partial charge is 0.286 e. The Labute approximate surface area is 211 Å².